The highest BCUT2D eigenvalue weighted by Gasteiger charge is 2.36. The van der Waals surface area contributed by atoms with Crippen LogP contribution in [0.1, 0.15) is 83.8 Å². The minimum atomic E-state index is -1.89. The van der Waals surface area contributed by atoms with Gasteiger partial charge in [0.1, 0.15) is 65.9 Å². The molecule has 1 aliphatic heterocycles. The number of carboxylic acids is 2. The molecule has 1 heterocycles. The third-order valence-electron chi connectivity index (χ3n) is 13.1. The minimum Gasteiger partial charge on any atom is -0.508 e. The number of aliphatic carboxylic acids is 2. The van der Waals surface area contributed by atoms with E-state index >= 15 is 0 Å². The maximum atomic E-state index is 14.4. The van der Waals surface area contributed by atoms with Crippen molar-refractivity contribution in [1.82, 2.24) is 53.2 Å². The first-order valence-corrected chi connectivity index (χ1v) is 30.1. The van der Waals surface area contributed by atoms with Crippen LogP contribution in [-0.2, 0) is 80.0 Å². The molecule has 0 bridgehead atoms. The summed E-state index contributed by atoms with van der Waals surface area (Å²) in [6.07, 6.45) is -2.53. The number of amides is 12. The molecular formula is C55H78N12O18S2. The Labute approximate surface area is 509 Å². The maximum absolute atomic E-state index is 14.4. The van der Waals surface area contributed by atoms with Crippen LogP contribution >= 0.6 is 23.5 Å². The number of hydrogen-bond acceptors (Lipinski definition) is 18. The number of carboxylic acid groups (broad SMARTS) is 2. The van der Waals surface area contributed by atoms with Crippen molar-refractivity contribution < 1.29 is 87.5 Å². The van der Waals surface area contributed by atoms with Crippen LogP contribution < -0.4 is 64.6 Å². The molecule has 32 heteroatoms. The van der Waals surface area contributed by atoms with Gasteiger partial charge in [-0.3, -0.25) is 67.1 Å². The summed E-state index contributed by atoms with van der Waals surface area (Å²) in [5, 5.41) is 63.7. The Bertz CT molecular complexity index is 2790. The summed E-state index contributed by atoms with van der Waals surface area (Å²) in [6, 6.07) is -3.48. The van der Waals surface area contributed by atoms with Gasteiger partial charge in [0.25, 0.3) is 0 Å². The summed E-state index contributed by atoms with van der Waals surface area (Å²) in [4.78, 5) is 189. The zero-order valence-corrected chi connectivity index (χ0v) is 50.3. The molecule has 2 aromatic rings. The van der Waals surface area contributed by atoms with Crippen molar-refractivity contribution in [3.8, 4) is 11.5 Å². The van der Waals surface area contributed by atoms with Crippen LogP contribution in [0, 0.1) is 11.8 Å². The molecule has 0 aliphatic carbocycles. The molecule has 30 nitrogen and oxygen atoms in total. The number of hydrogen-bond donors (Lipinski definition) is 16. The van der Waals surface area contributed by atoms with Gasteiger partial charge in [0.05, 0.1) is 18.7 Å². The van der Waals surface area contributed by atoms with Gasteiger partial charge in [0.2, 0.25) is 70.9 Å². The van der Waals surface area contributed by atoms with Crippen molar-refractivity contribution in [1.29, 1.82) is 0 Å². The standard InChI is InChI=1S/C55H78N12O18S2/c1-27(2)20-36-51(81)64-37(21-29-6-10-31(68)11-7-29)52(82)61-34(15-17-45(75)76)49(79)65-39(23-41(56)70)54(84)67-46(28(3)4)55(85)58-24-42(71)59-35(18-19-86-5)50(80)63-38(22-30-8-12-32(69)13-9-30)53(83)66-40(47(57)77)25-87-26-43(72)60-33(48(78)62-36)14-16-44(73)74/h6-13,27-28,33-40,46,68-69H,14-26H2,1-5H3,(H2,56,70)(H2,57,77)(H,58,85)(H,59,71)(H,60,72)(H,61,82)(H,62,78)(H,63,80)(H,64,81)(H,65,79)(H,66,83)(H,67,84)(H,73,74)(H,75,76)/t33-,34-,35-,36-,37-,38-,39-,40-,46-/m1/s1. The number of carbonyl (C=O) groups is 14. The van der Waals surface area contributed by atoms with Crippen molar-refractivity contribution in [2.75, 3.05) is 30.1 Å². The lowest BCUT2D eigenvalue weighted by atomic mass is 9.99. The number of phenols is 2. The van der Waals surface area contributed by atoms with E-state index in [1.165, 1.54) is 74.1 Å². The number of primary amides is 2. The summed E-state index contributed by atoms with van der Waals surface area (Å²) >= 11 is 2.06. The molecule has 12 amide bonds. The highest BCUT2D eigenvalue weighted by Crippen LogP contribution is 2.16. The third-order valence-corrected chi connectivity index (χ3v) is 14.8. The summed E-state index contributed by atoms with van der Waals surface area (Å²) in [6.45, 7) is 5.57. The highest BCUT2D eigenvalue weighted by molar-refractivity contribution is 8.00. The average Bonchev–Trinajstić information content (AvgIpc) is 3.65. The van der Waals surface area contributed by atoms with Crippen molar-refractivity contribution in [2.24, 2.45) is 23.3 Å². The fraction of sp³-hybridized carbons (Fsp3) is 0.527. The van der Waals surface area contributed by atoms with Crippen LogP contribution in [-0.4, -0.2) is 188 Å². The zero-order chi connectivity index (χ0) is 65.1. The molecule has 1 aliphatic rings. The molecule has 0 aromatic heterocycles. The number of nitrogens with two attached hydrogens (primary N) is 2. The lowest BCUT2D eigenvalue weighted by Crippen LogP contribution is -2.61. The fourth-order valence-electron chi connectivity index (χ4n) is 8.49. The van der Waals surface area contributed by atoms with E-state index in [-0.39, 0.29) is 54.6 Å². The van der Waals surface area contributed by atoms with Crippen molar-refractivity contribution in [3.05, 3.63) is 59.7 Å². The van der Waals surface area contributed by atoms with Gasteiger partial charge in [0.15, 0.2) is 0 Å². The number of carbonyl (C=O) groups excluding carboxylic acids is 12. The molecule has 9 atom stereocenters. The van der Waals surface area contributed by atoms with Crippen molar-refractivity contribution in [2.45, 2.75) is 140 Å². The predicted octanol–water partition coefficient (Wildman–Crippen LogP) is -3.35. The summed E-state index contributed by atoms with van der Waals surface area (Å²) < 4.78 is 0. The molecular weight excluding hydrogens is 1180 g/mol. The number of benzene rings is 2. The van der Waals surface area contributed by atoms with E-state index in [2.05, 4.69) is 53.2 Å². The van der Waals surface area contributed by atoms with Gasteiger partial charge in [-0.1, -0.05) is 52.0 Å². The van der Waals surface area contributed by atoms with E-state index in [9.17, 15) is 87.5 Å². The van der Waals surface area contributed by atoms with Gasteiger partial charge in [-0.2, -0.15) is 11.8 Å². The topological polar surface area (TPSA) is 492 Å². The molecule has 2 aromatic carbocycles. The van der Waals surface area contributed by atoms with Crippen LogP contribution in [0.4, 0.5) is 0 Å². The van der Waals surface area contributed by atoms with Crippen molar-refractivity contribution in [3.63, 3.8) is 0 Å². The quantitative estimate of drug-likeness (QED) is 0.0654. The summed E-state index contributed by atoms with van der Waals surface area (Å²) in [5.74, 6) is -17.2. The average molecular weight is 1260 g/mol. The third kappa shape index (κ3) is 26.6. The molecule has 0 unspecified atom stereocenters. The second kappa shape index (κ2) is 36.3. The summed E-state index contributed by atoms with van der Waals surface area (Å²) in [5.41, 5.74) is 11.9. The molecule has 0 saturated carbocycles. The molecule has 87 heavy (non-hydrogen) atoms. The smallest absolute Gasteiger partial charge is 0.303 e. The Kier molecular flexibility index (Phi) is 30.3. The molecule has 478 valence electrons. The second-order valence-electron chi connectivity index (χ2n) is 21.2. The normalized spacial score (nSPS) is 23.4. The Morgan fingerprint density at radius 1 is 0.540 bits per heavy atom. The van der Waals surface area contributed by atoms with Crippen LogP contribution in [0.15, 0.2) is 48.5 Å². The summed E-state index contributed by atoms with van der Waals surface area (Å²) in [7, 11) is 0. The number of phenolic OH excluding ortho intramolecular Hbond substituents is 2. The van der Waals surface area contributed by atoms with E-state index in [1.54, 1.807) is 20.1 Å². The van der Waals surface area contributed by atoms with E-state index in [0.717, 1.165) is 11.8 Å². The lowest BCUT2D eigenvalue weighted by Gasteiger charge is -2.28. The van der Waals surface area contributed by atoms with Gasteiger partial charge < -0.3 is 85.1 Å². The van der Waals surface area contributed by atoms with Crippen LogP contribution in [0.5, 0.6) is 11.5 Å². The van der Waals surface area contributed by atoms with Gasteiger partial charge >= 0.3 is 11.9 Å². The Balaban J connectivity index is 2.18. The first kappa shape index (κ1) is 72.6. The molecule has 0 radical (unpaired) electrons. The Morgan fingerprint density at radius 2 is 0.954 bits per heavy atom. The predicted molar refractivity (Wildman–Crippen MR) is 315 cm³/mol. The Morgan fingerprint density at radius 3 is 1.41 bits per heavy atom. The van der Waals surface area contributed by atoms with Crippen LogP contribution in [0.25, 0.3) is 0 Å². The molecule has 18 N–H and O–H groups in total. The SMILES string of the molecule is CSCC[C@H]1NC(=O)CNC(=O)[C@@H](C(C)C)NC(=O)[C@@H](CC(N)=O)NC(=O)[C@@H](CCC(=O)O)NC(=O)[C@@H](Cc2ccc(O)cc2)NC(=O)[C@@H](CC(C)C)NC(=O)[C@@H](CCC(=O)O)NC(=O)CSC[C@H](C(N)=O)NC(=O)[C@@H](Cc2ccc(O)cc2)NC1=O. The van der Waals surface area contributed by atoms with Gasteiger partial charge in [-0.15, -0.1) is 11.8 Å². The number of thioether (sulfide) groups is 2. The molecule has 1 fully saturated rings. The first-order valence-electron chi connectivity index (χ1n) is 27.6. The van der Waals surface area contributed by atoms with Crippen LogP contribution in [0.3, 0.4) is 0 Å². The van der Waals surface area contributed by atoms with Gasteiger partial charge in [-0.25, -0.2) is 0 Å². The number of aromatic hydroxyl groups is 2. The van der Waals surface area contributed by atoms with Crippen LogP contribution in [0.2, 0.25) is 0 Å². The lowest BCUT2D eigenvalue weighted by molar-refractivity contribution is -0.139. The van der Waals surface area contributed by atoms with E-state index < -0.39 is 188 Å². The first-order chi connectivity index (χ1) is 41.0. The maximum Gasteiger partial charge on any atom is 0.303 e. The van der Waals surface area contributed by atoms with E-state index in [0.29, 0.717) is 11.1 Å². The minimum absolute atomic E-state index is 0.0197. The van der Waals surface area contributed by atoms with E-state index in [4.69, 9.17) is 11.5 Å². The second-order valence-corrected chi connectivity index (χ2v) is 23.2. The highest BCUT2D eigenvalue weighted by atomic mass is 32.2. The van der Waals surface area contributed by atoms with Crippen molar-refractivity contribution >= 4 is 106 Å². The number of rotatable bonds is 19. The number of nitrogens with one attached hydrogen (secondary N) is 10. The van der Waals surface area contributed by atoms with E-state index in [1.807, 2.05) is 0 Å². The van der Waals surface area contributed by atoms with Gasteiger partial charge in [0, 0.05) is 31.4 Å². The monoisotopic (exact) mass is 1260 g/mol. The zero-order valence-electron chi connectivity index (χ0n) is 48.6. The molecule has 1 saturated heterocycles. The Hall–Kier alpha value is -8.68. The fourth-order valence-corrected chi connectivity index (χ4v) is 9.83. The van der Waals surface area contributed by atoms with Gasteiger partial charge in [-0.05, 0) is 84.9 Å². The largest absolute Gasteiger partial charge is 0.508 e. The molecule has 0 spiro atoms. The molecule has 3 rings (SSSR count).